The Bertz CT molecular complexity index is 1720. The van der Waals surface area contributed by atoms with Gasteiger partial charge in [0.25, 0.3) is 0 Å². The fourth-order valence-electron chi connectivity index (χ4n) is 6.17. The second-order valence-electron chi connectivity index (χ2n) is 9.96. The first-order chi connectivity index (χ1) is 19.2. The highest BCUT2D eigenvalue weighted by Crippen LogP contribution is 2.57. The molecule has 0 aromatic heterocycles. The monoisotopic (exact) mass is 563 g/mol. The molecule has 0 saturated heterocycles. The zero-order valence-corrected chi connectivity index (χ0v) is 22.9. The topological polar surface area (TPSA) is 12.0 Å². The van der Waals surface area contributed by atoms with E-state index < -0.39 is 5.41 Å². The highest BCUT2D eigenvalue weighted by Gasteiger charge is 2.46. The van der Waals surface area contributed by atoms with Crippen LogP contribution in [0.25, 0.3) is 22.3 Å². The van der Waals surface area contributed by atoms with Crippen molar-refractivity contribution in [3.05, 3.63) is 178 Å². The summed E-state index contributed by atoms with van der Waals surface area (Å²) < 4.78 is 1.07. The van der Waals surface area contributed by atoms with Crippen molar-refractivity contribution in [2.45, 2.75) is 5.41 Å². The Morgan fingerprint density at radius 1 is 0.410 bits per heavy atom. The van der Waals surface area contributed by atoms with Gasteiger partial charge in [0.1, 0.15) is 0 Å². The predicted octanol–water partition coefficient (Wildman–Crippen LogP) is 10.2. The van der Waals surface area contributed by atoms with Crippen molar-refractivity contribution in [1.82, 2.24) is 0 Å². The molecular formula is C37H26BrN. The van der Waals surface area contributed by atoms with Gasteiger partial charge >= 0.3 is 0 Å². The van der Waals surface area contributed by atoms with Gasteiger partial charge in [0.2, 0.25) is 0 Å². The number of hydrogen-bond donors (Lipinski definition) is 1. The largest absolute Gasteiger partial charge is 0.356 e. The third-order valence-corrected chi connectivity index (χ3v) is 8.35. The Morgan fingerprint density at radius 3 is 1.41 bits per heavy atom. The zero-order chi connectivity index (χ0) is 26.2. The maximum absolute atomic E-state index is 3.52. The van der Waals surface area contributed by atoms with Crippen LogP contribution in [0.15, 0.2) is 156 Å². The summed E-state index contributed by atoms with van der Waals surface area (Å²) in [4.78, 5) is 0. The maximum atomic E-state index is 3.52. The lowest BCUT2D eigenvalue weighted by Gasteiger charge is -2.35. The molecular weight excluding hydrogens is 538 g/mol. The molecule has 6 aromatic carbocycles. The van der Waals surface area contributed by atoms with Gasteiger partial charge in [-0.1, -0.05) is 131 Å². The smallest absolute Gasteiger partial charge is 0.0719 e. The highest BCUT2D eigenvalue weighted by atomic mass is 79.9. The molecule has 0 aliphatic heterocycles. The number of rotatable bonds is 5. The van der Waals surface area contributed by atoms with Crippen molar-refractivity contribution in [3.8, 4) is 22.3 Å². The number of halogens is 1. The van der Waals surface area contributed by atoms with E-state index in [2.05, 4.69) is 161 Å². The molecule has 1 N–H and O–H groups in total. The molecule has 2 heteroatoms. The lowest BCUT2D eigenvalue weighted by Crippen LogP contribution is -2.29. The zero-order valence-electron chi connectivity index (χ0n) is 21.3. The molecule has 39 heavy (non-hydrogen) atoms. The van der Waals surface area contributed by atoms with E-state index in [0.717, 1.165) is 15.8 Å². The van der Waals surface area contributed by atoms with Gasteiger partial charge in [0.05, 0.1) is 5.41 Å². The average Bonchev–Trinajstić information content (AvgIpc) is 3.30. The normalized spacial score (nSPS) is 12.9. The summed E-state index contributed by atoms with van der Waals surface area (Å²) in [6.07, 6.45) is 0. The Balaban J connectivity index is 1.42. The van der Waals surface area contributed by atoms with Gasteiger partial charge in [0.15, 0.2) is 0 Å². The van der Waals surface area contributed by atoms with Gasteiger partial charge < -0.3 is 5.32 Å². The summed E-state index contributed by atoms with van der Waals surface area (Å²) in [5.74, 6) is 0. The van der Waals surface area contributed by atoms with Gasteiger partial charge in [-0.25, -0.2) is 0 Å². The first-order valence-electron chi connectivity index (χ1n) is 13.2. The van der Waals surface area contributed by atoms with Crippen molar-refractivity contribution in [1.29, 1.82) is 0 Å². The molecule has 0 heterocycles. The number of hydrogen-bond acceptors (Lipinski definition) is 1. The van der Waals surface area contributed by atoms with E-state index in [-0.39, 0.29) is 0 Å². The van der Waals surface area contributed by atoms with Crippen LogP contribution < -0.4 is 5.32 Å². The van der Waals surface area contributed by atoms with Gasteiger partial charge in [-0.15, -0.1) is 0 Å². The van der Waals surface area contributed by atoms with Gasteiger partial charge in [-0.3, -0.25) is 0 Å². The van der Waals surface area contributed by atoms with Crippen LogP contribution in [-0.2, 0) is 5.41 Å². The molecule has 0 unspecified atom stereocenters. The van der Waals surface area contributed by atoms with E-state index >= 15 is 0 Å². The summed E-state index contributed by atoms with van der Waals surface area (Å²) in [6, 6.07) is 54.7. The van der Waals surface area contributed by atoms with E-state index in [9.17, 15) is 0 Å². The van der Waals surface area contributed by atoms with Crippen LogP contribution in [0.4, 0.5) is 11.4 Å². The summed E-state index contributed by atoms with van der Waals surface area (Å²) in [5.41, 5.74) is 12.0. The Morgan fingerprint density at radius 2 is 0.846 bits per heavy atom. The number of fused-ring (bicyclic) bond motifs is 3. The van der Waals surface area contributed by atoms with Crippen LogP contribution in [0.2, 0.25) is 0 Å². The second kappa shape index (κ2) is 9.72. The maximum Gasteiger partial charge on any atom is 0.0719 e. The fraction of sp³-hybridized carbons (Fsp3) is 0.0270. The van der Waals surface area contributed by atoms with E-state index in [1.165, 1.54) is 44.5 Å². The van der Waals surface area contributed by atoms with Crippen LogP contribution in [0.5, 0.6) is 0 Å². The van der Waals surface area contributed by atoms with Crippen molar-refractivity contribution >= 4 is 27.3 Å². The first-order valence-corrected chi connectivity index (χ1v) is 14.0. The predicted molar refractivity (Wildman–Crippen MR) is 167 cm³/mol. The molecule has 0 amide bonds. The molecule has 0 fully saturated rings. The third-order valence-electron chi connectivity index (χ3n) is 7.82. The molecule has 1 aliphatic rings. The van der Waals surface area contributed by atoms with Gasteiger partial charge in [-0.2, -0.15) is 0 Å². The van der Waals surface area contributed by atoms with Crippen LogP contribution >= 0.6 is 15.9 Å². The number of benzene rings is 6. The quantitative estimate of drug-likeness (QED) is 0.219. The molecule has 1 nitrogen and oxygen atoms in total. The standard InChI is InChI=1S/C37H26BrN/c38-28-20-24-30(25-21-28)39-29-22-18-26(19-23-29)31-12-4-7-15-34(31)37(27-10-2-1-3-11-27)35-16-8-5-13-32(35)33-14-6-9-17-36(33)37/h1-25,39H. The van der Waals surface area contributed by atoms with Crippen LogP contribution in [0, 0.1) is 0 Å². The van der Waals surface area contributed by atoms with E-state index in [1.807, 2.05) is 12.1 Å². The highest BCUT2D eigenvalue weighted by molar-refractivity contribution is 9.10. The molecule has 0 spiro atoms. The lowest BCUT2D eigenvalue weighted by atomic mass is 9.66. The van der Waals surface area contributed by atoms with E-state index in [1.54, 1.807) is 0 Å². The van der Waals surface area contributed by atoms with Crippen LogP contribution in [0.1, 0.15) is 22.3 Å². The minimum absolute atomic E-state index is 0.417. The van der Waals surface area contributed by atoms with Crippen molar-refractivity contribution in [2.24, 2.45) is 0 Å². The molecule has 1 aliphatic carbocycles. The molecule has 6 aromatic rings. The van der Waals surface area contributed by atoms with E-state index in [0.29, 0.717) is 0 Å². The van der Waals surface area contributed by atoms with Crippen molar-refractivity contribution in [2.75, 3.05) is 5.32 Å². The molecule has 7 rings (SSSR count). The summed E-state index contributed by atoms with van der Waals surface area (Å²) in [5, 5.41) is 3.52. The Labute approximate surface area is 237 Å². The number of anilines is 2. The first kappa shape index (κ1) is 23.7. The van der Waals surface area contributed by atoms with Gasteiger partial charge in [-0.05, 0) is 80.9 Å². The van der Waals surface area contributed by atoms with Crippen LogP contribution in [0.3, 0.4) is 0 Å². The van der Waals surface area contributed by atoms with Crippen molar-refractivity contribution < 1.29 is 0 Å². The molecule has 186 valence electrons. The summed E-state index contributed by atoms with van der Waals surface area (Å²) in [6.45, 7) is 0. The minimum atomic E-state index is -0.417. The van der Waals surface area contributed by atoms with Crippen LogP contribution in [-0.4, -0.2) is 0 Å². The van der Waals surface area contributed by atoms with Gasteiger partial charge in [0, 0.05) is 15.8 Å². The third kappa shape index (κ3) is 3.91. The molecule has 0 radical (unpaired) electrons. The summed E-state index contributed by atoms with van der Waals surface area (Å²) >= 11 is 3.51. The van der Waals surface area contributed by atoms with Crippen molar-refractivity contribution in [3.63, 3.8) is 0 Å². The second-order valence-corrected chi connectivity index (χ2v) is 10.9. The molecule has 0 saturated carbocycles. The fourth-order valence-corrected chi connectivity index (χ4v) is 6.44. The summed E-state index contributed by atoms with van der Waals surface area (Å²) in [7, 11) is 0. The average molecular weight is 565 g/mol. The lowest BCUT2D eigenvalue weighted by molar-refractivity contribution is 0.770. The molecule has 0 atom stereocenters. The van der Waals surface area contributed by atoms with E-state index in [4.69, 9.17) is 0 Å². The SMILES string of the molecule is Brc1ccc(Nc2ccc(-c3ccccc3C3(c4ccccc4)c4ccccc4-c4ccccc43)cc2)cc1. The molecule has 0 bridgehead atoms. The Hall–Kier alpha value is -4.40. The Kier molecular flexibility index (Phi) is 5.91. The minimum Gasteiger partial charge on any atom is -0.356 e. The number of nitrogens with one attached hydrogen (secondary N) is 1.